The summed E-state index contributed by atoms with van der Waals surface area (Å²) in [5.41, 5.74) is -0.0142. The number of rotatable bonds is 3. The van der Waals surface area contributed by atoms with Crippen LogP contribution in [0.1, 0.15) is 0 Å². The molecule has 1 aromatic carbocycles. The van der Waals surface area contributed by atoms with Crippen LogP contribution in [0.3, 0.4) is 0 Å². The molecule has 3 rings (SSSR count). The van der Waals surface area contributed by atoms with E-state index in [-0.39, 0.29) is 5.69 Å². The van der Waals surface area contributed by atoms with Crippen molar-refractivity contribution in [1.82, 2.24) is 9.97 Å². The first-order chi connectivity index (χ1) is 10.1. The molecule has 0 aliphatic rings. The van der Waals surface area contributed by atoms with Gasteiger partial charge in [0, 0.05) is 23.8 Å². The van der Waals surface area contributed by atoms with Gasteiger partial charge in [-0.05, 0) is 24.3 Å². The van der Waals surface area contributed by atoms with E-state index in [4.69, 9.17) is 16.3 Å². The van der Waals surface area contributed by atoms with Crippen molar-refractivity contribution in [2.45, 2.75) is 0 Å². The molecule has 0 saturated carbocycles. The van der Waals surface area contributed by atoms with E-state index in [1.165, 1.54) is 18.5 Å². The molecular formula is C14H8ClN3O3. The normalized spacial score (nSPS) is 10.5. The average molecular weight is 302 g/mol. The van der Waals surface area contributed by atoms with Crippen molar-refractivity contribution in [2.75, 3.05) is 0 Å². The van der Waals surface area contributed by atoms with Gasteiger partial charge in [0.25, 0.3) is 5.69 Å². The summed E-state index contributed by atoms with van der Waals surface area (Å²) >= 11 is 5.72. The van der Waals surface area contributed by atoms with E-state index in [0.717, 1.165) is 0 Å². The van der Waals surface area contributed by atoms with Gasteiger partial charge in [0.15, 0.2) is 0 Å². The minimum Gasteiger partial charge on any atom is -0.455 e. The second-order valence-electron chi connectivity index (χ2n) is 4.18. The number of nitro benzene ring substituents is 1. The Balaban J connectivity index is 2.09. The number of ether oxygens (including phenoxy) is 1. The lowest BCUT2D eigenvalue weighted by Crippen LogP contribution is -1.93. The van der Waals surface area contributed by atoms with Crippen LogP contribution in [-0.2, 0) is 0 Å². The van der Waals surface area contributed by atoms with Gasteiger partial charge in [0.05, 0.1) is 16.5 Å². The van der Waals surface area contributed by atoms with Crippen molar-refractivity contribution in [3.63, 3.8) is 0 Å². The first-order valence-corrected chi connectivity index (χ1v) is 6.33. The van der Waals surface area contributed by atoms with E-state index in [1.807, 2.05) is 0 Å². The minimum atomic E-state index is -0.447. The van der Waals surface area contributed by atoms with Crippen LogP contribution in [0.25, 0.3) is 10.8 Å². The van der Waals surface area contributed by atoms with Crippen molar-refractivity contribution in [3.05, 3.63) is 64.2 Å². The zero-order chi connectivity index (χ0) is 14.8. The Hall–Kier alpha value is -2.73. The lowest BCUT2D eigenvalue weighted by atomic mass is 10.1. The quantitative estimate of drug-likeness (QED) is 0.415. The van der Waals surface area contributed by atoms with Crippen molar-refractivity contribution >= 4 is 28.1 Å². The number of hydrogen-bond acceptors (Lipinski definition) is 5. The molecule has 0 aliphatic heterocycles. The van der Waals surface area contributed by atoms with Crippen molar-refractivity contribution in [1.29, 1.82) is 0 Å². The number of aromatic nitrogens is 2. The number of non-ortho nitro benzene ring substituents is 1. The molecule has 21 heavy (non-hydrogen) atoms. The second kappa shape index (κ2) is 5.34. The van der Waals surface area contributed by atoms with Gasteiger partial charge in [0.2, 0.25) is 0 Å². The van der Waals surface area contributed by atoms with Crippen molar-refractivity contribution in [2.24, 2.45) is 0 Å². The maximum absolute atomic E-state index is 11.0. The third-order valence-electron chi connectivity index (χ3n) is 2.88. The molecule has 0 atom stereocenters. The first kappa shape index (κ1) is 13.3. The highest BCUT2D eigenvalue weighted by Crippen LogP contribution is 2.34. The van der Waals surface area contributed by atoms with Crippen LogP contribution in [0, 0.1) is 10.1 Å². The third-order valence-corrected chi connectivity index (χ3v) is 3.10. The fourth-order valence-electron chi connectivity index (χ4n) is 1.95. The minimum absolute atomic E-state index is 0.0142. The summed E-state index contributed by atoms with van der Waals surface area (Å²) in [6.45, 7) is 0. The predicted octanol–water partition coefficient (Wildman–Crippen LogP) is 3.98. The Morgan fingerprint density at radius 3 is 2.67 bits per heavy atom. The zero-order valence-corrected chi connectivity index (χ0v) is 11.3. The van der Waals surface area contributed by atoms with Crippen LogP contribution in [0.5, 0.6) is 11.5 Å². The van der Waals surface area contributed by atoms with Crippen LogP contribution in [0.4, 0.5) is 5.69 Å². The Morgan fingerprint density at radius 2 is 1.95 bits per heavy atom. The van der Waals surface area contributed by atoms with Crippen LogP contribution in [0.15, 0.2) is 48.9 Å². The van der Waals surface area contributed by atoms with Crippen molar-refractivity contribution in [3.8, 4) is 11.5 Å². The van der Waals surface area contributed by atoms with Gasteiger partial charge >= 0.3 is 0 Å². The molecule has 0 bridgehead atoms. The van der Waals surface area contributed by atoms with Gasteiger partial charge in [-0.25, -0.2) is 4.98 Å². The fraction of sp³-hybridized carbons (Fsp3) is 0. The molecule has 2 aromatic heterocycles. The molecule has 0 unspecified atom stereocenters. The number of hydrogen-bond donors (Lipinski definition) is 0. The molecule has 7 heteroatoms. The summed E-state index contributed by atoms with van der Waals surface area (Å²) in [7, 11) is 0. The average Bonchev–Trinajstić information content (AvgIpc) is 2.49. The number of halogens is 1. The van der Waals surface area contributed by atoms with Crippen LogP contribution in [-0.4, -0.2) is 14.9 Å². The number of nitro groups is 1. The second-order valence-corrected chi connectivity index (χ2v) is 4.57. The van der Waals surface area contributed by atoms with Crippen molar-refractivity contribution < 1.29 is 9.66 Å². The topological polar surface area (TPSA) is 78.2 Å². The molecule has 6 nitrogen and oxygen atoms in total. The summed E-state index contributed by atoms with van der Waals surface area (Å²) in [5, 5.41) is 12.4. The monoisotopic (exact) mass is 301 g/mol. The van der Waals surface area contributed by atoms with E-state index >= 15 is 0 Å². The van der Waals surface area contributed by atoms with E-state index in [1.54, 1.807) is 30.5 Å². The molecule has 0 N–H and O–H groups in total. The largest absolute Gasteiger partial charge is 0.455 e. The third kappa shape index (κ3) is 2.61. The van der Waals surface area contributed by atoms with Gasteiger partial charge < -0.3 is 4.74 Å². The molecule has 3 aromatic rings. The molecule has 0 fully saturated rings. The number of fused-ring (bicyclic) bond motifs is 1. The molecule has 104 valence electrons. The van der Waals surface area contributed by atoms with E-state index in [9.17, 15) is 10.1 Å². The van der Waals surface area contributed by atoms with Gasteiger partial charge in [-0.2, -0.15) is 0 Å². The molecular weight excluding hydrogens is 294 g/mol. The molecule has 0 saturated heterocycles. The standard InChI is InChI=1S/C14H8ClN3O3/c15-14-4-1-9(7-17-14)21-13-3-2-12(18(19)20)11-8-16-6-5-10(11)13/h1-8H. The SMILES string of the molecule is O=[N+]([O-])c1ccc(Oc2ccc(Cl)nc2)c2ccncc12. The highest BCUT2D eigenvalue weighted by atomic mass is 35.5. The summed E-state index contributed by atoms with van der Waals surface area (Å²) in [6, 6.07) is 7.88. The molecule has 0 spiro atoms. The summed E-state index contributed by atoms with van der Waals surface area (Å²) < 4.78 is 5.71. The number of benzene rings is 1. The maximum Gasteiger partial charge on any atom is 0.279 e. The van der Waals surface area contributed by atoms with Crippen LogP contribution in [0.2, 0.25) is 5.15 Å². The zero-order valence-electron chi connectivity index (χ0n) is 10.6. The lowest BCUT2D eigenvalue weighted by molar-refractivity contribution is -0.383. The molecule has 0 amide bonds. The summed E-state index contributed by atoms with van der Waals surface area (Å²) in [4.78, 5) is 18.4. The predicted molar refractivity (Wildman–Crippen MR) is 77.7 cm³/mol. The highest BCUT2D eigenvalue weighted by Gasteiger charge is 2.15. The Bertz CT molecular complexity index is 821. The Labute approximate surface area is 124 Å². The lowest BCUT2D eigenvalue weighted by Gasteiger charge is -2.08. The molecule has 2 heterocycles. The fourth-order valence-corrected chi connectivity index (χ4v) is 2.06. The smallest absolute Gasteiger partial charge is 0.279 e. The highest BCUT2D eigenvalue weighted by molar-refractivity contribution is 6.29. The van der Waals surface area contributed by atoms with Crippen LogP contribution >= 0.6 is 11.6 Å². The Morgan fingerprint density at radius 1 is 1.10 bits per heavy atom. The van der Waals surface area contributed by atoms with E-state index in [0.29, 0.717) is 27.4 Å². The maximum atomic E-state index is 11.0. The summed E-state index contributed by atoms with van der Waals surface area (Å²) in [6.07, 6.45) is 4.48. The number of nitrogens with zero attached hydrogens (tertiary/aromatic N) is 3. The molecule has 0 radical (unpaired) electrons. The van der Waals surface area contributed by atoms with Gasteiger partial charge in [0.1, 0.15) is 16.7 Å². The number of pyridine rings is 2. The van der Waals surface area contributed by atoms with E-state index in [2.05, 4.69) is 9.97 Å². The molecule has 0 aliphatic carbocycles. The Kier molecular flexibility index (Phi) is 3.37. The van der Waals surface area contributed by atoms with E-state index < -0.39 is 4.92 Å². The first-order valence-electron chi connectivity index (χ1n) is 5.95. The summed E-state index contributed by atoms with van der Waals surface area (Å²) in [5.74, 6) is 0.980. The van der Waals surface area contributed by atoms with Gasteiger partial charge in [-0.15, -0.1) is 0 Å². The van der Waals surface area contributed by atoms with Gasteiger partial charge in [-0.3, -0.25) is 15.1 Å². The van der Waals surface area contributed by atoms with Crippen LogP contribution < -0.4 is 4.74 Å². The van der Waals surface area contributed by atoms with Gasteiger partial charge in [-0.1, -0.05) is 11.6 Å².